The molecule has 0 aromatic carbocycles. The third-order valence-electron chi connectivity index (χ3n) is 3.01. The average molecular weight is 292 g/mol. The van der Waals surface area contributed by atoms with Crippen molar-refractivity contribution in [1.82, 2.24) is 9.38 Å². The zero-order valence-electron chi connectivity index (χ0n) is 10.4. The van der Waals surface area contributed by atoms with E-state index in [0.29, 0.717) is 23.5 Å². The van der Waals surface area contributed by atoms with Gasteiger partial charge in [-0.2, -0.15) is 13.2 Å². The lowest BCUT2D eigenvalue weighted by Crippen LogP contribution is -2.14. The molecule has 1 atom stereocenters. The van der Waals surface area contributed by atoms with Gasteiger partial charge in [0.1, 0.15) is 0 Å². The van der Waals surface area contributed by atoms with Crippen molar-refractivity contribution in [1.29, 1.82) is 0 Å². The molecule has 2 heterocycles. The molecule has 3 nitrogen and oxygen atoms in total. The number of halogens is 4. The summed E-state index contributed by atoms with van der Waals surface area (Å²) in [6.45, 7) is 3.57. The number of nitrogens with zero attached hydrogens (tertiary/aromatic N) is 2. The maximum absolute atomic E-state index is 12.8. The SMILES string of the molecule is CCC(N)c1c(C)nc2c(Cl)cc(C(F)(F)F)cn12. The molecule has 7 heteroatoms. The van der Waals surface area contributed by atoms with Crippen molar-refractivity contribution in [3.8, 4) is 0 Å². The van der Waals surface area contributed by atoms with Crippen LogP contribution >= 0.6 is 11.6 Å². The van der Waals surface area contributed by atoms with E-state index in [9.17, 15) is 13.2 Å². The van der Waals surface area contributed by atoms with Crippen LogP contribution in [-0.2, 0) is 6.18 Å². The van der Waals surface area contributed by atoms with E-state index in [-0.39, 0.29) is 11.1 Å². The summed E-state index contributed by atoms with van der Waals surface area (Å²) in [6.07, 6.45) is -2.86. The first-order valence-electron chi connectivity index (χ1n) is 5.76. The summed E-state index contributed by atoms with van der Waals surface area (Å²) in [5.74, 6) is 0. The van der Waals surface area contributed by atoms with Crippen LogP contribution in [0.1, 0.15) is 36.3 Å². The monoisotopic (exact) mass is 291 g/mol. The highest BCUT2D eigenvalue weighted by Gasteiger charge is 2.32. The summed E-state index contributed by atoms with van der Waals surface area (Å²) < 4.78 is 39.7. The van der Waals surface area contributed by atoms with Crippen molar-refractivity contribution in [2.75, 3.05) is 0 Å². The van der Waals surface area contributed by atoms with Gasteiger partial charge in [0.25, 0.3) is 0 Å². The van der Waals surface area contributed by atoms with E-state index in [1.54, 1.807) is 6.92 Å². The van der Waals surface area contributed by atoms with Gasteiger partial charge in [0.15, 0.2) is 5.65 Å². The molecule has 0 spiro atoms. The molecule has 2 aromatic heterocycles. The van der Waals surface area contributed by atoms with E-state index >= 15 is 0 Å². The first-order valence-corrected chi connectivity index (χ1v) is 6.14. The Kier molecular flexibility index (Phi) is 3.49. The summed E-state index contributed by atoms with van der Waals surface area (Å²) in [5, 5.41) is -0.0347. The van der Waals surface area contributed by atoms with Gasteiger partial charge in [-0.05, 0) is 19.4 Å². The van der Waals surface area contributed by atoms with E-state index in [4.69, 9.17) is 17.3 Å². The Morgan fingerprint density at radius 1 is 1.47 bits per heavy atom. The Balaban J connectivity index is 2.77. The molecule has 2 aromatic rings. The molecule has 0 aliphatic carbocycles. The van der Waals surface area contributed by atoms with E-state index in [0.717, 1.165) is 12.3 Å². The van der Waals surface area contributed by atoms with Crippen molar-refractivity contribution in [3.05, 3.63) is 34.2 Å². The topological polar surface area (TPSA) is 43.3 Å². The number of aryl methyl sites for hydroxylation is 1. The Bertz CT molecular complexity index is 619. The summed E-state index contributed by atoms with van der Waals surface area (Å²) >= 11 is 5.88. The highest BCUT2D eigenvalue weighted by atomic mass is 35.5. The Morgan fingerprint density at radius 3 is 2.63 bits per heavy atom. The van der Waals surface area contributed by atoms with Gasteiger partial charge in [-0.3, -0.25) is 0 Å². The van der Waals surface area contributed by atoms with E-state index in [2.05, 4.69) is 4.98 Å². The molecule has 19 heavy (non-hydrogen) atoms. The van der Waals surface area contributed by atoms with Crippen LogP contribution in [0.3, 0.4) is 0 Å². The van der Waals surface area contributed by atoms with E-state index < -0.39 is 11.7 Å². The molecule has 0 aliphatic heterocycles. The Morgan fingerprint density at radius 2 is 2.11 bits per heavy atom. The van der Waals surface area contributed by atoms with Crippen LogP contribution < -0.4 is 5.73 Å². The molecule has 0 fully saturated rings. The molecule has 0 saturated heterocycles. The van der Waals surface area contributed by atoms with Crippen LogP contribution in [0.25, 0.3) is 5.65 Å². The molecule has 0 bridgehead atoms. The first kappa shape index (κ1) is 14.1. The van der Waals surface area contributed by atoms with Gasteiger partial charge in [0.05, 0.1) is 22.0 Å². The zero-order chi connectivity index (χ0) is 14.4. The second-order valence-corrected chi connectivity index (χ2v) is 4.77. The highest BCUT2D eigenvalue weighted by Crippen LogP contribution is 2.33. The number of rotatable bonds is 2. The van der Waals surface area contributed by atoms with Crippen LogP contribution in [0.2, 0.25) is 5.02 Å². The molecule has 104 valence electrons. The minimum Gasteiger partial charge on any atom is -0.323 e. The Hall–Kier alpha value is -1.27. The van der Waals surface area contributed by atoms with Crippen LogP contribution in [0.5, 0.6) is 0 Å². The summed E-state index contributed by atoms with van der Waals surface area (Å²) in [7, 11) is 0. The smallest absolute Gasteiger partial charge is 0.323 e. The molecule has 1 unspecified atom stereocenters. The summed E-state index contributed by atoms with van der Waals surface area (Å²) in [6, 6.07) is 0.499. The van der Waals surface area contributed by atoms with Crippen molar-refractivity contribution in [2.24, 2.45) is 5.73 Å². The van der Waals surface area contributed by atoms with E-state index in [1.165, 1.54) is 4.40 Å². The predicted octanol–water partition coefficient (Wildman–Crippen LogP) is 3.72. The number of imidazole rings is 1. The van der Waals surface area contributed by atoms with Gasteiger partial charge < -0.3 is 10.1 Å². The van der Waals surface area contributed by atoms with Gasteiger partial charge in [-0.25, -0.2) is 4.98 Å². The third kappa shape index (κ3) is 2.42. The fourth-order valence-electron chi connectivity index (χ4n) is 2.03. The fraction of sp³-hybridized carbons (Fsp3) is 0.417. The second kappa shape index (κ2) is 4.68. The largest absolute Gasteiger partial charge is 0.417 e. The molecule has 0 amide bonds. The van der Waals surface area contributed by atoms with Crippen LogP contribution in [0.4, 0.5) is 13.2 Å². The highest BCUT2D eigenvalue weighted by molar-refractivity contribution is 6.33. The van der Waals surface area contributed by atoms with Gasteiger partial charge in [-0.15, -0.1) is 0 Å². The number of fused-ring (bicyclic) bond motifs is 1. The predicted molar refractivity (Wildman–Crippen MR) is 67.2 cm³/mol. The van der Waals surface area contributed by atoms with Gasteiger partial charge >= 0.3 is 6.18 Å². The summed E-state index contributed by atoms with van der Waals surface area (Å²) in [5.41, 5.74) is 6.57. The van der Waals surface area contributed by atoms with Crippen LogP contribution in [-0.4, -0.2) is 9.38 Å². The second-order valence-electron chi connectivity index (χ2n) is 4.37. The number of hydrogen-bond donors (Lipinski definition) is 1. The molecular weight excluding hydrogens is 279 g/mol. The Labute approximate surface area is 113 Å². The molecular formula is C12H13ClF3N3. The number of hydrogen-bond acceptors (Lipinski definition) is 2. The minimum atomic E-state index is -4.45. The lowest BCUT2D eigenvalue weighted by Gasteiger charge is -2.13. The fourth-order valence-corrected chi connectivity index (χ4v) is 2.28. The number of aromatic nitrogens is 2. The lowest BCUT2D eigenvalue weighted by molar-refractivity contribution is -0.137. The molecule has 2 rings (SSSR count). The van der Waals surface area contributed by atoms with Crippen molar-refractivity contribution < 1.29 is 13.2 Å². The number of pyridine rings is 1. The number of alkyl halides is 3. The van der Waals surface area contributed by atoms with Gasteiger partial charge in [0.2, 0.25) is 0 Å². The zero-order valence-corrected chi connectivity index (χ0v) is 11.2. The minimum absolute atomic E-state index is 0.0347. The quantitative estimate of drug-likeness (QED) is 0.916. The van der Waals surface area contributed by atoms with Crippen molar-refractivity contribution in [2.45, 2.75) is 32.5 Å². The van der Waals surface area contributed by atoms with Crippen LogP contribution in [0.15, 0.2) is 12.3 Å². The molecule has 0 saturated carbocycles. The average Bonchev–Trinajstić information content (AvgIpc) is 2.64. The normalized spacial score (nSPS) is 14.1. The van der Waals surface area contributed by atoms with Crippen molar-refractivity contribution >= 4 is 17.2 Å². The van der Waals surface area contributed by atoms with Gasteiger partial charge in [0, 0.05) is 12.2 Å². The lowest BCUT2D eigenvalue weighted by atomic mass is 10.1. The van der Waals surface area contributed by atoms with Crippen molar-refractivity contribution in [3.63, 3.8) is 0 Å². The van der Waals surface area contributed by atoms with Crippen LogP contribution in [0, 0.1) is 6.92 Å². The summed E-state index contributed by atoms with van der Waals surface area (Å²) in [4.78, 5) is 4.19. The molecule has 0 aliphatic rings. The molecule has 0 radical (unpaired) electrons. The number of nitrogens with two attached hydrogens (primary N) is 1. The van der Waals surface area contributed by atoms with Gasteiger partial charge in [-0.1, -0.05) is 18.5 Å². The maximum Gasteiger partial charge on any atom is 0.417 e. The first-order chi connectivity index (χ1) is 8.75. The standard InChI is InChI=1S/C12H13ClF3N3/c1-3-9(17)10-6(2)18-11-8(13)4-7(5-19(10)11)12(14,15)16/h4-5,9H,3,17H2,1-2H3. The maximum atomic E-state index is 12.8. The third-order valence-corrected chi connectivity index (χ3v) is 3.29. The molecule has 2 N–H and O–H groups in total. The van der Waals surface area contributed by atoms with E-state index in [1.807, 2.05) is 6.92 Å².